The van der Waals surface area contributed by atoms with Crippen LogP contribution in [0, 0.1) is 0 Å². The third-order valence-electron chi connectivity index (χ3n) is 2.94. The second kappa shape index (κ2) is 6.41. The van der Waals surface area contributed by atoms with E-state index in [2.05, 4.69) is 10.1 Å². The van der Waals surface area contributed by atoms with Gasteiger partial charge in [-0.3, -0.25) is 0 Å². The van der Waals surface area contributed by atoms with Gasteiger partial charge in [0.1, 0.15) is 10.7 Å². The fraction of sp³-hybridized carbons (Fsp3) is 0.462. The number of hydrogen-bond donors (Lipinski definition) is 0. The molecule has 0 N–H and O–H groups in total. The minimum absolute atomic E-state index is 0.300. The summed E-state index contributed by atoms with van der Waals surface area (Å²) in [6.45, 7) is 4.03. The summed E-state index contributed by atoms with van der Waals surface area (Å²) in [5, 5.41) is 4.57. The lowest BCUT2D eigenvalue weighted by Crippen LogP contribution is -2.09. The van der Waals surface area contributed by atoms with Gasteiger partial charge < -0.3 is 4.74 Å². The number of fused-ring (bicyclic) bond motifs is 1. The quantitative estimate of drug-likeness (QED) is 0.483. The van der Waals surface area contributed by atoms with Gasteiger partial charge >= 0.3 is 5.97 Å². The monoisotopic (exact) mass is 315 g/mol. The van der Waals surface area contributed by atoms with Crippen molar-refractivity contribution < 1.29 is 9.53 Å². The largest absolute Gasteiger partial charge is 0.462 e. The third kappa shape index (κ3) is 2.60. The van der Waals surface area contributed by atoms with Crippen molar-refractivity contribution >= 4 is 34.8 Å². The van der Waals surface area contributed by atoms with E-state index in [4.69, 9.17) is 27.9 Å². The van der Waals surface area contributed by atoms with Gasteiger partial charge in [0.2, 0.25) is 0 Å². The number of nitrogens with zero attached hydrogens (tertiary/aromatic N) is 3. The first kappa shape index (κ1) is 15.1. The predicted octanol–water partition coefficient (Wildman–Crippen LogP) is 2.90. The summed E-state index contributed by atoms with van der Waals surface area (Å²) in [6.07, 6.45) is 2.74. The molecule has 0 amide bonds. The first-order valence-corrected chi connectivity index (χ1v) is 7.33. The predicted molar refractivity (Wildman–Crippen MR) is 77.8 cm³/mol. The number of carbonyl (C=O) groups is 1. The van der Waals surface area contributed by atoms with E-state index < -0.39 is 5.97 Å². The maximum atomic E-state index is 11.9. The highest BCUT2D eigenvalue weighted by Crippen LogP contribution is 2.24. The van der Waals surface area contributed by atoms with Gasteiger partial charge in [-0.1, -0.05) is 18.5 Å². The zero-order valence-corrected chi connectivity index (χ0v) is 12.8. The lowest BCUT2D eigenvalue weighted by molar-refractivity contribution is 0.0528. The van der Waals surface area contributed by atoms with Crippen LogP contribution in [0.5, 0.6) is 0 Å². The number of halogens is 2. The maximum absolute atomic E-state index is 11.9. The molecular weight excluding hydrogens is 301 g/mol. The highest BCUT2D eigenvalue weighted by atomic mass is 35.5. The second-order valence-electron chi connectivity index (χ2n) is 4.13. The Morgan fingerprint density at radius 2 is 2.20 bits per heavy atom. The van der Waals surface area contributed by atoms with Crippen molar-refractivity contribution in [2.45, 2.75) is 26.7 Å². The maximum Gasteiger partial charge on any atom is 0.343 e. The normalized spacial score (nSPS) is 11.0. The average Bonchev–Trinajstić information content (AvgIpc) is 2.86. The van der Waals surface area contributed by atoms with Crippen molar-refractivity contribution in [3.05, 3.63) is 28.2 Å². The number of carbonyl (C=O) groups excluding carboxylic acids is 1. The van der Waals surface area contributed by atoms with Gasteiger partial charge in [0.05, 0.1) is 12.8 Å². The van der Waals surface area contributed by atoms with Crippen molar-refractivity contribution in [1.29, 1.82) is 0 Å². The summed E-state index contributed by atoms with van der Waals surface area (Å²) < 4.78 is 6.44. The smallest absolute Gasteiger partial charge is 0.343 e. The van der Waals surface area contributed by atoms with E-state index in [-0.39, 0.29) is 0 Å². The van der Waals surface area contributed by atoms with Crippen molar-refractivity contribution in [2.75, 3.05) is 12.5 Å². The standard InChI is InChI=1S/C13H15Cl2N3O2/c1-3-10-8(5-6-14)11(15)18-12(17-10)9(7-16-18)13(19)20-4-2/h7H,3-6H2,1-2H3. The number of aromatic nitrogens is 3. The van der Waals surface area contributed by atoms with Gasteiger partial charge in [0.25, 0.3) is 0 Å². The molecule has 2 heterocycles. The highest BCUT2D eigenvalue weighted by Gasteiger charge is 2.20. The zero-order chi connectivity index (χ0) is 14.7. The fourth-order valence-corrected chi connectivity index (χ4v) is 2.54. The second-order valence-corrected chi connectivity index (χ2v) is 4.87. The van der Waals surface area contributed by atoms with Gasteiger partial charge in [-0.25, -0.2) is 14.3 Å². The Morgan fingerprint density at radius 1 is 1.45 bits per heavy atom. The molecule has 108 valence electrons. The van der Waals surface area contributed by atoms with Gasteiger partial charge in [-0.05, 0) is 19.8 Å². The summed E-state index contributed by atoms with van der Waals surface area (Å²) in [5.41, 5.74) is 2.44. The van der Waals surface area contributed by atoms with Gasteiger partial charge in [-0.2, -0.15) is 5.10 Å². The molecule has 0 bridgehead atoms. The molecule has 0 aliphatic carbocycles. The Bertz CT molecular complexity index is 640. The highest BCUT2D eigenvalue weighted by molar-refractivity contribution is 6.30. The van der Waals surface area contributed by atoms with E-state index in [1.165, 1.54) is 10.7 Å². The van der Waals surface area contributed by atoms with Crippen LogP contribution >= 0.6 is 23.2 Å². The van der Waals surface area contributed by atoms with Crippen molar-refractivity contribution in [2.24, 2.45) is 0 Å². The van der Waals surface area contributed by atoms with Crippen LogP contribution in [-0.2, 0) is 17.6 Å². The van der Waals surface area contributed by atoms with Crippen molar-refractivity contribution in [3.8, 4) is 0 Å². The van der Waals surface area contributed by atoms with Crippen molar-refractivity contribution in [3.63, 3.8) is 0 Å². The van der Waals surface area contributed by atoms with Gasteiger partial charge in [0, 0.05) is 17.1 Å². The lowest BCUT2D eigenvalue weighted by Gasteiger charge is -2.10. The van der Waals surface area contributed by atoms with Crippen LogP contribution in [0.4, 0.5) is 0 Å². The number of alkyl halides is 1. The Kier molecular flexibility index (Phi) is 4.83. The molecule has 5 nitrogen and oxygen atoms in total. The molecule has 2 aromatic rings. The van der Waals surface area contributed by atoms with Crippen LogP contribution in [0.1, 0.15) is 35.5 Å². The fourth-order valence-electron chi connectivity index (χ4n) is 2.02. The summed E-state index contributed by atoms with van der Waals surface area (Å²) in [5.74, 6) is 0.00421. The summed E-state index contributed by atoms with van der Waals surface area (Å²) in [6, 6.07) is 0. The van der Waals surface area contributed by atoms with E-state index in [9.17, 15) is 4.79 Å². The molecule has 0 spiro atoms. The molecule has 0 aromatic carbocycles. The number of ether oxygens (including phenoxy) is 1. The van der Waals surface area contributed by atoms with Crippen LogP contribution in [-0.4, -0.2) is 33.1 Å². The number of rotatable bonds is 5. The average molecular weight is 316 g/mol. The van der Waals surface area contributed by atoms with E-state index in [1.54, 1.807) is 6.92 Å². The molecule has 0 radical (unpaired) electrons. The molecule has 20 heavy (non-hydrogen) atoms. The van der Waals surface area contributed by atoms with E-state index >= 15 is 0 Å². The molecular formula is C13H15Cl2N3O2. The topological polar surface area (TPSA) is 56.5 Å². The van der Waals surface area contributed by atoms with Gasteiger partial charge in [-0.15, -0.1) is 11.6 Å². The minimum Gasteiger partial charge on any atom is -0.462 e. The van der Waals surface area contributed by atoms with E-state index in [0.29, 0.717) is 41.7 Å². The molecule has 7 heteroatoms. The Morgan fingerprint density at radius 3 is 2.80 bits per heavy atom. The first-order valence-electron chi connectivity index (χ1n) is 6.42. The molecule has 2 rings (SSSR count). The molecule has 0 unspecified atom stereocenters. The minimum atomic E-state index is -0.446. The summed E-state index contributed by atoms with van der Waals surface area (Å²) >= 11 is 12.1. The molecule has 0 fully saturated rings. The lowest BCUT2D eigenvalue weighted by atomic mass is 10.1. The van der Waals surface area contributed by atoms with Crippen LogP contribution in [0.3, 0.4) is 0 Å². The molecule has 0 saturated heterocycles. The molecule has 0 saturated carbocycles. The third-order valence-corrected chi connectivity index (χ3v) is 3.52. The van der Waals surface area contributed by atoms with Crippen LogP contribution in [0.15, 0.2) is 6.20 Å². The molecule has 0 aliphatic heterocycles. The van der Waals surface area contributed by atoms with Crippen molar-refractivity contribution in [1.82, 2.24) is 14.6 Å². The van der Waals surface area contributed by atoms with Crippen LogP contribution < -0.4 is 0 Å². The Hall–Kier alpha value is -1.33. The van der Waals surface area contributed by atoms with E-state index in [1.807, 2.05) is 6.92 Å². The molecule has 0 aliphatic rings. The summed E-state index contributed by atoms with van der Waals surface area (Å²) in [4.78, 5) is 16.4. The van der Waals surface area contributed by atoms with Crippen LogP contribution in [0.2, 0.25) is 5.15 Å². The zero-order valence-electron chi connectivity index (χ0n) is 11.3. The number of aryl methyl sites for hydroxylation is 1. The van der Waals surface area contributed by atoms with Crippen LogP contribution in [0.25, 0.3) is 5.65 Å². The first-order chi connectivity index (χ1) is 9.63. The number of hydrogen-bond acceptors (Lipinski definition) is 4. The Labute approximate surface area is 126 Å². The summed E-state index contributed by atoms with van der Waals surface area (Å²) in [7, 11) is 0. The Balaban J connectivity index is 2.62. The van der Waals surface area contributed by atoms with E-state index in [0.717, 1.165) is 11.3 Å². The molecule has 2 aromatic heterocycles. The SMILES string of the molecule is CCOC(=O)c1cnn2c(Cl)c(CCCl)c(CC)nc12. The molecule has 0 atom stereocenters. The number of esters is 1. The van der Waals surface area contributed by atoms with Gasteiger partial charge in [0.15, 0.2) is 5.65 Å².